The SMILES string of the molecule is CCn1c(SCC(=O)Nc2cccnc2)nc2ccccc21. The molecule has 0 saturated carbocycles. The molecule has 0 saturated heterocycles. The summed E-state index contributed by atoms with van der Waals surface area (Å²) < 4.78 is 2.12. The van der Waals surface area contributed by atoms with Crippen LogP contribution in [0.3, 0.4) is 0 Å². The van der Waals surface area contributed by atoms with E-state index in [1.807, 2.05) is 30.3 Å². The third-order valence-electron chi connectivity index (χ3n) is 3.21. The largest absolute Gasteiger partial charge is 0.324 e. The Balaban J connectivity index is 1.70. The summed E-state index contributed by atoms with van der Waals surface area (Å²) in [7, 11) is 0. The van der Waals surface area contributed by atoms with E-state index in [2.05, 4.69) is 26.8 Å². The minimum Gasteiger partial charge on any atom is -0.324 e. The molecule has 0 spiro atoms. The van der Waals surface area contributed by atoms with Crippen LogP contribution in [-0.2, 0) is 11.3 Å². The maximum atomic E-state index is 12.0. The molecule has 1 N–H and O–H groups in total. The summed E-state index contributed by atoms with van der Waals surface area (Å²) in [4.78, 5) is 20.6. The van der Waals surface area contributed by atoms with Gasteiger partial charge in [0, 0.05) is 12.7 Å². The van der Waals surface area contributed by atoms with Crippen LogP contribution in [0, 0.1) is 0 Å². The smallest absolute Gasteiger partial charge is 0.234 e. The maximum absolute atomic E-state index is 12.0. The van der Waals surface area contributed by atoms with Gasteiger partial charge < -0.3 is 9.88 Å². The van der Waals surface area contributed by atoms with Crippen LogP contribution in [0.1, 0.15) is 6.92 Å². The molecular formula is C16H16N4OS. The minimum atomic E-state index is -0.0623. The number of aromatic nitrogens is 3. The van der Waals surface area contributed by atoms with Gasteiger partial charge in [-0.05, 0) is 31.2 Å². The van der Waals surface area contributed by atoms with Crippen molar-refractivity contribution in [2.45, 2.75) is 18.6 Å². The van der Waals surface area contributed by atoms with Crippen LogP contribution in [0.25, 0.3) is 11.0 Å². The quantitative estimate of drug-likeness (QED) is 0.735. The Kier molecular flexibility index (Phi) is 4.39. The third kappa shape index (κ3) is 3.12. The number of hydrogen-bond acceptors (Lipinski definition) is 4. The highest BCUT2D eigenvalue weighted by molar-refractivity contribution is 7.99. The zero-order chi connectivity index (χ0) is 15.4. The Morgan fingerprint density at radius 3 is 2.91 bits per heavy atom. The first-order valence-corrected chi connectivity index (χ1v) is 8.04. The van der Waals surface area contributed by atoms with Crippen molar-refractivity contribution >= 4 is 34.4 Å². The number of para-hydroxylation sites is 2. The molecule has 3 rings (SSSR count). The average Bonchev–Trinajstić information content (AvgIpc) is 2.91. The molecule has 0 bridgehead atoms. The van der Waals surface area contributed by atoms with Crippen molar-refractivity contribution in [2.24, 2.45) is 0 Å². The Morgan fingerprint density at radius 1 is 1.27 bits per heavy atom. The maximum Gasteiger partial charge on any atom is 0.234 e. The van der Waals surface area contributed by atoms with E-state index in [4.69, 9.17) is 0 Å². The molecule has 0 unspecified atom stereocenters. The number of nitrogens with one attached hydrogen (secondary N) is 1. The van der Waals surface area contributed by atoms with Crippen molar-refractivity contribution < 1.29 is 4.79 Å². The molecule has 22 heavy (non-hydrogen) atoms. The fourth-order valence-corrected chi connectivity index (χ4v) is 3.11. The standard InChI is InChI=1S/C16H16N4OS/c1-2-20-14-8-4-3-7-13(14)19-16(20)22-11-15(21)18-12-6-5-9-17-10-12/h3-10H,2,11H2,1H3,(H,18,21). The highest BCUT2D eigenvalue weighted by atomic mass is 32.2. The van der Waals surface area contributed by atoms with Gasteiger partial charge in [-0.15, -0.1) is 0 Å². The lowest BCUT2D eigenvalue weighted by atomic mass is 10.3. The number of benzene rings is 1. The van der Waals surface area contributed by atoms with Gasteiger partial charge in [-0.3, -0.25) is 9.78 Å². The minimum absolute atomic E-state index is 0.0623. The summed E-state index contributed by atoms with van der Waals surface area (Å²) in [6.07, 6.45) is 3.30. The van der Waals surface area contributed by atoms with Crippen LogP contribution >= 0.6 is 11.8 Å². The molecule has 0 atom stereocenters. The number of fused-ring (bicyclic) bond motifs is 1. The summed E-state index contributed by atoms with van der Waals surface area (Å²) in [6.45, 7) is 2.90. The molecule has 0 aliphatic rings. The van der Waals surface area contributed by atoms with Crippen molar-refractivity contribution in [1.29, 1.82) is 0 Å². The molecule has 2 heterocycles. The zero-order valence-corrected chi connectivity index (χ0v) is 13.0. The van der Waals surface area contributed by atoms with Crippen LogP contribution in [0.2, 0.25) is 0 Å². The fourth-order valence-electron chi connectivity index (χ4n) is 2.23. The zero-order valence-electron chi connectivity index (χ0n) is 12.2. The molecule has 0 radical (unpaired) electrons. The molecule has 1 aromatic carbocycles. The highest BCUT2D eigenvalue weighted by Gasteiger charge is 2.11. The van der Waals surface area contributed by atoms with Crippen molar-refractivity contribution in [3.8, 4) is 0 Å². The molecular weight excluding hydrogens is 296 g/mol. The number of thioether (sulfide) groups is 1. The summed E-state index contributed by atoms with van der Waals surface area (Å²) in [5.41, 5.74) is 2.76. The number of imidazole rings is 1. The average molecular weight is 312 g/mol. The number of amides is 1. The lowest BCUT2D eigenvalue weighted by molar-refractivity contribution is -0.113. The molecule has 3 aromatic rings. The van der Waals surface area contributed by atoms with Crippen LogP contribution in [0.5, 0.6) is 0 Å². The molecule has 112 valence electrons. The van der Waals surface area contributed by atoms with Crippen molar-refractivity contribution in [3.05, 3.63) is 48.8 Å². The molecule has 2 aromatic heterocycles. The van der Waals surface area contributed by atoms with E-state index >= 15 is 0 Å². The van der Waals surface area contributed by atoms with Gasteiger partial charge in [0.1, 0.15) is 0 Å². The Morgan fingerprint density at radius 2 is 2.14 bits per heavy atom. The number of hydrogen-bond donors (Lipinski definition) is 1. The molecule has 0 aliphatic heterocycles. The van der Waals surface area contributed by atoms with Crippen molar-refractivity contribution in [2.75, 3.05) is 11.1 Å². The molecule has 1 amide bonds. The Bertz CT molecular complexity index is 785. The van der Waals surface area contributed by atoms with E-state index in [0.29, 0.717) is 11.4 Å². The second-order valence-corrected chi connectivity index (χ2v) is 5.65. The third-order valence-corrected chi connectivity index (χ3v) is 4.19. The number of carbonyl (C=O) groups is 1. The molecule has 0 fully saturated rings. The number of carbonyl (C=O) groups excluding carboxylic acids is 1. The number of pyridine rings is 1. The Hall–Kier alpha value is -2.34. The second kappa shape index (κ2) is 6.62. The van der Waals surface area contributed by atoms with Crippen LogP contribution in [0.4, 0.5) is 5.69 Å². The van der Waals surface area contributed by atoms with E-state index in [1.165, 1.54) is 11.8 Å². The van der Waals surface area contributed by atoms with Gasteiger partial charge in [-0.1, -0.05) is 23.9 Å². The number of anilines is 1. The number of nitrogens with zero attached hydrogens (tertiary/aromatic N) is 3. The van der Waals surface area contributed by atoms with Crippen LogP contribution in [0.15, 0.2) is 53.9 Å². The first-order chi connectivity index (χ1) is 10.8. The van der Waals surface area contributed by atoms with Gasteiger partial charge in [0.2, 0.25) is 5.91 Å². The van der Waals surface area contributed by atoms with Gasteiger partial charge in [0.05, 0.1) is 28.7 Å². The molecule has 6 heteroatoms. The van der Waals surface area contributed by atoms with Crippen molar-refractivity contribution in [1.82, 2.24) is 14.5 Å². The van der Waals surface area contributed by atoms with E-state index in [1.54, 1.807) is 18.5 Å². The van der Waals surface area contributed by atoms with Gasteiger partial charge in [-0.25, -0.2) is 4.98 Å². The fraction of sp³-hybridized carbons (Fsp3) is 0.188. The van der Waals surface area contributed by atoms with E-state index < -0.39 is 0 Å². The van der Waals surface area contributed by atoms with E-state index in [0.717, 1.165) is 22.7 Å². The van der Waals surface area contributed by atoms with E-state index in [-0.39, 0.29) is 5.91 Å². The van der Waals surface area contributed by atoms with Crippen LogP contribution < -0.4 is 5.32 Å². The van der Waals surface area contributed by atoms with E-state index in [9.17, 15) is 4.79 Å². The molecule has 0 aliphatic carbocycles. The highest BCUT2D eigenvalue weighted by Crippen LogP contribution is 2.24. The first kappa shape index (κ1) is 14.6. The van der Waals surface area contributed by atoms with Gasteiger partial charge in [0.25, 0.3) is 0 Å². The molecule has 5 nitrogen and oxygen atoms in total. The van der Waals surface area contributed by atoms with Crippen LogP contribution in [-0.4, -0.2) is 26.2 Å². The van der Waals surface area contributed by atoms with Gasteiger partial charge in [0.15, 0.2) is 5.16 Å². The predicted molar refractivity (Wildman–Crippen MR) is 89.0 cm³/mol. The lowest BCUT2D eigenvalue weighted by Gasteiger charge is -2.06. The van der Waals surface area contributed by atoms with Gasteiger partial charge >= 0.3 is 0 Å². The Labute approximate surface area is 132 Å². The monoisotopic (exact) mass is 312 g/mol. The topological polar surface area (TPSA) is 59.8 Å². The first-order valence-electron chi connectivity index (χ1n) is 7.06. The summed E-state index contributed by atoms with van der Waals surface area (Å²) in [5, 5.41) is 3.69. The van der Waals surface area contributed by atoms with Crippen molar-refractivity contribution in [3.63, 3.8) is 0 Å². The van der Waals surface area contributed by atoms with Gasteiger partial charge in [-0.2, -0.15) is 0 Å². The number of rotatable bonds is 5. The number of aryl methyl sites for hydroxylation is 1. The summed E-state index contributed by atoms with van der Waals surface area (Å²) in [6, 6.07) is 11.6. The summed E-state index contributed by atoms with van der Waals surface area (Å²) in [5.74, 6) is 0.255. The normalized spacial score (nSPS) is 10.8. The summed E-state index contributed by atoms with van der Waals surface area (Å²) >= 11 is 1.44. The predicted octanol–water partition coefficient (Wildman–Crippen LogP) is 3.18. The second-order valence-electron chi connectivity index (χ2n) is 4.71. The lowest BCUT2D eigenvalue weighted by Crippen LogP contribution is -2.14.